The van der Waals surface area contributed by atoms with Crippen molar-refractivity contribution in [2.24, 2.45) is 0 Å². The number of aliphatic hydroxyl groups excluding tert-OH is 10. The van der Waals surface area contributed by atoms with E-state index in [0.29, 0.717) is 58.8 Å². The van der Waals surface area contributed by atoms with Crippen LogP contribution in [-0.2, 0) is 28.4 Å². The Balaban J connectivity index is 1.28. The molecule has 17 atom stereocenters. The molecule has 0 spiro atoms. The molecule has 4 rings (SSSR count). The molecule has 0 bridgehead atoms. The predicted molar refractivity (Wildman–Crippen MR) is 587 cm³/mol. The van der Waals surface area contributed by atoms with Crippen molar-refractivity contribution < 1.29 is 79.5 Å². The molecule has 2 aromatic carbocycles. The Morgan fingerprint density at radius 2 is 0.633 bits per heavy atom. The number of hydrogen-bond donors (Lipinski definition) is 14. The van der Waals surface area contributed by atoms with Gasteiger partial charge in [0.1, 0.15) is 62.0 Å². The molecule has 2 aliphatic rings. The van der Waals surface area contributed by atoms with Gasteiger partial charge in [0.05, 0.1) is 59.9 Å². The van der Waals surface area contributed by atoms with Gasteiger partial charge in [0, 0.05) is 15.7 Å². The van der Waals surface area contributed by atoms with Crippen molar-refractivity contribution in [3.63, 3.8) is 0 Å². The van der Waals surface area contributed by atoms with Crippen molar-refractivity contribution in [2.75, 3.05) is 43.5 Å². The van der Waals surface area contributed by atoms with Gasteiger partial charge in [-0.1, -0.05) is 511 Å². The number of unbranched alkanes of at least 4 members (excludes halogenated alkanes) is 68. The first-order valence-electron chi connectivity index (χ1n) is 57.7. The minimum atomic E-state index is -1.65. The second-order valence-corrected chi connectivity index (χ2v) is 43.6. The molecule has 2 saturated heterocycles. The third kappa shape index (κ3) is 65.6. The van der Waals surface area contributed by atoms with E-state index >= 15 is 0 Å². The first-order chi connectivity index (χ1) is 67.8. The second kappa shape index (κ2) is 88.9. The average Bonchev–Trinajstić information content (AvgIpc) is 0.812. The topological polar surface area (TPSA) is 306 Å². The maximum absolute atomic E-state index is 12.4. The fraction of sp³-hybridized carbons (Fsp3) is 0.877. The summed E-state index contributed by atoms with van der Waals surface area (Å²) in [5, 5.41) is 130. The number of halogens is 3. The zero-order valence-electron chi connectivity index (χ0n) is 87.8. The largest absolute Gasteiger partial charge is 0.468 e. The number of nitrogens with one attached hydrogen (secondary N) is 4. The van der Waals surface area contributed by atoms with Crippen LogP contribution in [0.3, 0.4) is 0 Å². The number of rotatable bonds is 96. The Morgan fingerprint density at radius 3 is 0.986 bits per heavy atom. The SMILES string of the molecule is CCCCCCCCCCCCCCCCCCCCCCCCCCNC(CO[C@H]1O[C@H](COC(=S)Nc2ccc(Cl)cc2Cl)[C@H](O)[C@H](O)[C@H]1O)C(O)C(O)CCCCCCCCCCCCCCC(O[C@H]1O[C@H](COC(=S)Nc2cccc(Cl)c2)[C@H](O)[C@H](O)[C@H]1O)[C@@H](NCCCCCCCCCCCCCCCCCCCCCCCCCC)[C@H](O)[C@H](O)CCCCCCCCCCCCCC. The Hall–Kier alpha value is -1.95. The lowest BCUT2D eigenvalue weighted by atomic mass is 9.92. The van der Waals surface area contributed by atoms with E-state index < -0.39 is 104 Å². The summed E-state index contributed by atoms with van der Waals surface area (Å²) in [6.07, 6.45) is 70.3. The maximum Gasteiger partial charge on any atom is 0.261 e. The highest BCUT2D eigenvalue weighted by Gasteiger charge is 2.48. The molecular weight excluding hydrogens is 1850 g/mol. The van der Waals surface area contributed by atoms with Gasteiger partial charge in [-0.2, -0.15) is 0 Å². The summed E-state index contributed by atoms with van der Waals surface area (Å²) in [6.45, 7) is 7.25. The molecule has 139 heavy (non-hydrogen) atoms. The third-order valence-corrected chi connectivity index (χ3v) is 30.2. The Bertz CT molecular complexity index is 3140. The van der Waals surface area contributed by atoms with Gasteiger partial charge in [-0.15, -0.1) is 0 Å². The van der Waals surface area contributed by atoms with E-state index in [9.17, 15) is 51.1 Å². The van der Waals surface area contributed by atoms with Crippen molar-refractivity contribution in [1.29, 1.82) is 0 Å². The molecule has 0 radical (unpaired) electrons. The van der Waals surface area contributed by atoms with E-state index in [4.69, 9.17) is 87.7 Å². The summed E-state index contributed by atoms with van der Waals surface area (Å²) in [5.41, 5.74) is 1.05. The Labute approximate surface area is 872 Å². The summed E-state index contributed by atoms with van der Waals surface area (Å²) in [7, 11) is 0. The molecule has 812 valence electrons. The lowest BCUT2D eigenvalue weighted by Gasteiger charge is -2.43. The zero-order chi connectivity index (χ0) is 100. The minimum Gasteiger partial charge on any atom is -0.468 e. The van der Waals surface area contributed by atoms with Gasteiger partial charge < -0.3 is 101 Å². The number of benzene rings is 2. The summed E-state index contributed by atoms with van der Waals surface area (Å²) in [6, 6.07) is 10.3. The lowest BCUT2D eigenvalue weighted by molar-refractivity contribution is -0.314. The molecule has 2 aromatic rings. The molecule has 2 heterocycles. The molecular formula is C114H207Cl3N4O16S2. The van der Waals surface area contributed by atoms with Crippen LogP contribution in [0.2, 0.25) is 15.1 Å². The molecule has 0 amide bonds. The summed E-state index contributed by atoms with van der Waals surface area (Å²) >= 11 is 29.6. The quantitative estimate of drug-likeness (QED) is 0.0216. The minimum absolute atomic E-state index is 0.00532. The lowest BCUT2D eigenvalue weighted by Crippen LogP contribution is -2.62. The standard InChI is InChI=1S/C114H207Cl3N4O16S2/c1-4-7-10-13-16-19-22-25-27-29-31-33-35-37-39-41-43-45-49-54-59-64-69-74-84-118-96(88-132-111-109(130)107(128)105(126)100(136-111)89-134-114(139)121-95-83-82-92(116)87-94(95)117)103(124)97(122)79-71-66-61-56-52-47-48-53-58-63-68-73-81-99(135-112-110(131)108(129)106(127)101(137-112)90-133-113(138)120-93-78-76-77-91(115)86-93)102(104(125)98(123)80-72-67-62-57-51-24-21-18-15-12-9-6-3)119-85-75-70-65-60-55-50-46-44-42-40-38-36-34-32-30-28-26-23-20-17-14-11-8-5-2/h76-78,82-83,86-87,96-112,118-119,122-131H,4-75,79-81,84-85,88-90H2,1-3H3,(H,120,138)(H,121,139)/t96?,97?,98-,99?,100-,101-,102-,103?,104-,105+,106+,107+,108+,109-,110-,111+,112+/m1/s1. The summed E-state index contributed by atoms with van der Waals surface area (Å²) < 4.78 is 36.9. The normalized spacial score (nSPS) is 20.0. The van der Waals surface area contributed by atoms with Crippen LogP contribution in [0.1, 0.15) is 502 Å². The highest BCUT2D eigenvalue weighted by Crippen LogP contribution is 2.33. The van der Waals surface area contributed by atoms with Crippen molar-refractivity contribution in [3.05, 3.63) is 57.5 Å². The van der Waals surface area contributed by atoms with Gasteiger partial charge in [0.25, 0.3) is 10.3 Å². The molecule has 25 heteroatoms. The molecule has 14 N–H and O–H groups in total. The third-order valence-electron chi connectivity index (χ3n) is 29.0. The monoisotopic (exact) mass is 2060 g/mol. The van der Waals surface area contributed by atoms with E-state index in [0.717, 1.165) is 141 Å². The second-order valence-electron chi connectivity index (χ2n) is 41.5. The molecule has 20 nitrogen and oxygen atoms in total. The van der Waals surface area contributed by atoms with Crippen LogP contribution < -0.4 is 21.3 Å². The van der Waals surface area contributed by atoms with Gasteiger partial charge in [-0.05, 0) is 106 Å². The van der Waals surface area contributed by atoms with Gasteiger partial charge in [0.15, 0.2) is 12.6 Å². The number of thiocarbonyl (C=S) groups is 2. The highest BCUT2D eigenvalue weighted by atomic mass is 35.5. The first kappa shape index (κ1) is 129. The fourth-order valence-corrected chi connectivity index (χ4v) is 20.8. The van der Waals surface area contributed by atoms with E-state index in [1.54, 1.807) is 42.5 Å². The van der Waals surface area contributed by atoms with Crippen molar-refractivity contribution >= 4 is 81.0 Å². The van der Waals surface area contributed by atoms with Gasteiger partial charge in [-0.25, -0.2) is 0 Å². The molecule has 0 saturated carbocycles. The van der Waals surface area contributed by atoms with Gasteiger partial charge in [-0.3, -0.25) is 0 Å². The number of ether oxygens (including phenoxy) is 6. The molecule has 0 aromatic heterocycles. The Kier molecular flexibility index (Phi) is 82.7. The van der Waals surface area contributed by atoms with Crippen LogP contribution in [0, 0.1) is 0 Å². The van der Waals surface area contributed by atoms with Crippen LogP contribution in [0.4, 0.5) is 11.4 Å². The number of hydrogen-bond acceptors (Lipinski definition) is 20. The summed E-state index contributed by atoms with van der Waals surface area (Å²) in [5.74, 6) is 0. The summed E-state index contributed by atoms with van der Waals surface area (Å²) in [4.78, 5) is 0. The van der Waals surface area contributed by atoms with Crippen LogP contribution >= 0.6 is 59.2 Å². The molecule has 2 fully saturated rings. The van der Waals surface area contributed by atoms with Crippen LogP contribution in [-0.4, -0.2) is 198 Å². The number of aliphatic hydroxyl groups is 10. The maximum atomic E-state index is 12.4. The fourth-order valence-electron chi connectivity index (χ4n) is 19.8. The average molecular weight is 2060 g/mol. The molecule has 4 unspecified atom stereocenters. The predicted octanol–water partition coefficient (Wildman–Crippen LogP) is 28.5. The van der Waals surface area contributed by atoms with E-state index in [-0.39, 0.29) is 30.2 Å². The Morgan fingerprint density at radius 1 is 0.331 bits per heavy atom. The van der Waals surface area contributed by atoms with Crippen molar-refractivity contribution in [2.45, 2.75) is 606 Å². The van der Waals surface area contributed by atoms with Crippen LogP contribution in [0.15, 0.2) is 42.5 Å². The van der Waals surface area contributed by atoms with Crippen LogP contribution in [0.25, 0.3) is 0 Å². The van der Waals surface area contributed by atoms with E-state index in [2.05, 4.69) is 42.0 Å². The molecule has 2 aliphatic heterocycles. The van der Waals surface area contributed by atoms with Gasteiger partial charge in [0.2, 0.25) is 0 Å². The number of anilines is 2. The zero-order valence-corrected chi connectivity index (χ0v) is 91.7. The van der Waals surface area contributed by atoms with Crippen molar-refractivity contribution in [3.8, 4) is 0 Å². The van der Waals surface area contributed by atoms with Crippen LogP contribution in [0.5, 0.6) is 0 Å². The molecule has 0 aliphatic carbocycles. The van der Waals surface area contributed by atoms with E-state index in [1.807, 2.05) is 0 Å². The first-order valence-corrected chi connectivity index (χ1v) is 59.7. The van der Waals surface area contributed by atoms with Gasteiger partial charge >= 0.3 is 0 Å². The van der Waals surface area contributed by atoms with E-state index in [1.165, 1.54) is 321 Å². The highest BCUT2D eigenvalue weighted by molar-refractivity contribution is 7.80. The van der Waals surface area contributed by atoms with Crippen molar-refractivity contribution in [1.82, 2.24) is 10.6 Å². The smallest absolute Gasteiger partial charge is 0.261 e.